The van der Waals surface area contributed by atoms with E-state index in [4.69, 9.17) is 0 Å². The van der Waals surface area contributed by atoms with Crippen LogP contribution in [0.2, 0.25) is 0 Å². The molecule has 0 aromatic heterocycles. The van der Waals surface area contributed by atoms with E-state index >= 15 is 0 Å². The Morgan fingerprint density at radius 3 is 1.50 bits per heavy atom. The molecular weight excluding hydrogens is 462 g/mol. The van der Waals surface area contributed by atoms with Crippen LogP contribution in [0.4, 0.5) is 5.69 Å². The minimum absolute atomic E-state index is 0.0180. The Morgan fingerprint density at radius 2 is 0.947 bits per heavy atom. The molecule has 0 heterocycles. The highest BCUT2D eigenvalue weighted by Gasteiger charge is 2.19. The lowest BCUT2D eigenvalue weighted by atomic mass is 9.87. The van der Waals surface area contributed by atoms with Crippen LogP contribution in [0, 0.1) is 0 Å². The van der Waals surface area contributed by atoms with Crippen molar-refractivity contribution in [3.63, 3.8) is 0 Å². The largest absolute Gasteiger partial charge is 0.311 e. The number of hydrogen-bond donors (Lipinski definition) is 0. The number of benzene rings is 7. The summed E-state index contributed by atoms with van der Waals surface area (Å²) in [4.78, 5) is 15.6. The van der Waals surface area contributed by atoms with Gasteiger partial charge in [-0.2, -0.15) is 0 Å². The number of amides is 1. The Morgan fingerprint density at radius 1 is 0.474 bits per heavy atom. The van der Waals surface area contributed by atoms with Gasteiger partial charge in [-0.25, -0.2) is 0 Å². The number of hydrogen-bond acceptors (Lipinski definition) is 1. The summed E-state index contributed by atoms with van der Waals surface area (Å²) in [5.74, 6) is -0.0180. The number of anilines is 1. The molecule has 0 spiro atoms. The topological polar surface area (TPSA) is 20.3 Å². The maximum atomic E-state index is 13.8. The van der Waals surface area contributed by atoms with E-state index < -0.39 is 0 Å². The summed E-state index contributed by atoms with van der Waals surface area (Å²) in [6.07, 6.45) is 0. The molecule has 8 aromatic carbocycles. The van der Waals surface area contributed by atoms with Crippen molar-refractivity contribution in [3.8, 4) is 0 Å². The predicted molar refractivity (Wildman–Crippen MR) is 162 cm³/mol. The molecule has 0 saturated carbocycles. The van der Waals surface area contributed by atoms with Crippen molar-refractivity contribution in [2.24, 2.45) is 0 Å². The Labute approximate surface area is 219 Å². The summed E-state index contributed by atoms with van der Waals surface area (Å²) in [6, 6.07) is 42.6. The number of carbonyl (C=O) groups is 1. The lowest BCUT2D eigenvalue weighted by molar-refractivity contribution is 0.0993. The second-order valence-corrected chi connectivity index (χ2v) is 10.2. The van der Waals surface area contributed by atoms with Gasteiger partial charge in [0.25, 0.3) is 5.91 Å². The van der Waals surface area contributed by atoms with E-state index in [2.05, 4.69) is 91.0 Å². The van der Waals surface area contributed by atoms with Crippen molar-refractivity contribution in [1.29, 1.82) is 0 Å². The van der Waals surface area contributed by atoms with Gasteiger partial charge >= 0.3 is 0 Å². The Hall–Kier alpha value is -4.95. The number of para-hydroxylation sites is 1. The highest BCUT2D eigenvalue weighted by atomic mass is 16.2. The Kier molecular flexibility index (Phi) is 4.33. The summed E-state index contributed by atoms with van der Waals surface area (Å²) < 4.78 is 0. The smallest absolute Gasteiger partial charge is 0.258 e. The van der Waals surface area contributed by atoms with Crippen molar-refractivity contribution in [2.75, 3.05) is 11.9 Å². The third kappa shape index (κ3) is 2.86. The fraction of sp³-hybridized carbons (Fsp3) is 0.0278. The second kappa shape index (κ2) is 7.77. The number of rotatable bonds is 2. The van der Waals surface area contributed by atoms with Gasteiger partial charge in [-0.05, 0) is 88.9 Å². The second-order valence-electron chi connectivity index (χ2n) is 10.2. The van der Waals surface area contributed by atoms with E-state index in [1.54, 1.807) is 4.90 Å². The third-order valence-corrected chi connectivity index (χ3v) is 8.12. The molecule has 1 amide bonds. The lowest BCUT2D eigenvalue weighted by Gasteiger charge is -2.19. The van der Waals surface area contributed by atoms with E-state index in [-0.39, 0.29) is 5.91 Å². The minimum Gasteiger partial charge on any atom is -0.311 e. The van der Waals surface area contributed by atoms with Crippen LogP contribution in [0.25, 0.3) is 64.6 Å². The SMILES string of the molecule is CN(C(=O)c1cc2ccc3cccc4c5cccc6ccc7cccc(c(c1)c2c34)c7c65)c1ccccc1. The van der Waals surface area contributed by atoms with Crippen LogP contribution in [-0.2, 0) is 0 Å². The molecule has 0 aliphatic carbocycles. The molecule has 178 valence electrons. The summed E-state index contributed by atoms with van der Waals surface area (Å²) in [5, 5.41) is 14.5. The average molecular weight is 486 g/mol. The van der Waals surface area contributed by atoms with Gasteiger partial charge in [0.2, 0.25) is 0 Å². The normalized spacial score (nSPS) is 11.9. The van der Waals surface area contributed by atoms with E-state index in [0.717, 1.165) is 16.5 Å². The number of nitrogens with zero attached hydrogens (tertiary/aromatic N) is 1. The molecule has 38 heavy (non-hydrogen) atoms. The van der Waals surface area contributed by atoms with E-state index in [1.807, 2.05) is 37.4 Å². The van der Waals surface area contributed by atoms with Crippen LogP contribution < -0.4 is 4.90 Å². The van der Waals surface area contributed by atoms with E-state index in [9.17, 15) is 4.79 Å². The molecule has 0 atom stereocenters. The zero-order chi connectivity index (χ0) is 25.4. The summed E-state index contributed by atoms with van der Waals surface area (Å²) in [7, 11) is 1.85. The zero-order valence-corrected chi connectivity index (χ0v) is 20.9. The average Bonchev–Trinajstić information content (AvgIpc) is 2.98. The van der Waals surface area contributed by atoms with Crippen molar-refractivity contribution >= 4 is 76.2 Å². The molecule has 2 nitrogen and oxygen atoms in total. The Balaban J connectivity index is 1.61. The van der Waals surface area contributed by atoms with Gasteiger partial charge in [-0.3, -0.25) is 4.79 Å². The van der Waals surface area contributed by atoms with Crippen molar-refractivity contribution in [1.82, 2.24) is 0 Å². The van der Waals surface area contributed by atoms with Crippen LogP contribution in [0.15, 0.2) is 121 Å². The highest BCUT2D eigenvalue weighted by Crippen LogP contribution is 2.43. The highest BCUT2D eigenvalue weighted by molar-refractivity contribution is 6.37. The van der Waals surface area contributed by atoms with Crippen molar-refractivity contribution in [3.05, 3.63) is 127 Å². The maximum Gasteiger partial charge on any atom is 0.258 e. The molecule has 0 radical (unpaired) electrons. The summed E-state index contributed by atoms with van der Waals surface area (Å²) >= 11 is 0. The lowest BCUT2D eigenvalue weighted by Crippen LogP contribution is -2.26. The van der Waals surface area contributed by atoms with Crippen LogP contribution in [0.5, 0.6) is 0 Å². The molecular formula is C36H23NO. The zero-order valence-electron chi connectivity index (χ0n) is 20.9. The first-order chi connectivity index (χ1) is 18.7. The first-order valence-electron chi connectivity index (χ1n) is 13.0. The standard InChI is InChI=1S/C36H23NO/c1-37(27-11-3-2-4-12-27)36(38)26-20-25-19-18-24-9-6-14-29-28-13-5-8-22-16-17-23-10-7-15-30(34(23)32(22)28)31(21-26)35(25)33(24)29/h2-21H,1H3. The predicted octanol–water partition coefficient (Wildman–Crippen LogP) is 9.32. The summed E-state index contributed by atoms with van der Waals surface area (Å²) in [5.41, 5.74) is 1.57. The van der Waals surface area contributed by atoms with Gasteiger partial charge < -0.3 is 4.90 Å². The number of fused-ring (bicyclic) bond motifs is 2. The molecule has 0 N–H and O–H groups in total. The molecule has 2 heteroatoms. The van der Waals surface area contributed by atoms with Crippen molar-refractivity contribution < 1.29 is 4.79 Å². The number of carbonyl (C=O) groups excluding carboxylic acids is 1. The molecule has 0 fully saturated rings. The molecule has 8 rings (SSSR count). The first-order valence-corrected chi connectivity index (χ1v) is 13.0. The van der Waals surface area contributed by atoms with Gasteiger partial charge in [0.1, 0.15) is 0 Å². The third-order valence-electron chi connectivity index (χ3n) is 8.12. The van der Waals surface area contributed by atoms with E-state index in [0.29, 0.717) is 5.56 Å². The fourth-order valence-electron chi connectivity index (χ4n) is 6.37. The fourth-order valence-corrected chi connectivity index (χ4v) is 6.37. The Bertz CT molecular complexity index is 2210. The molecule has 8 aromatic rings. The van der Waals surface area contributed by atoms with Gasteiger partial charge in [-0.1, -0.05) is 97.1 Å². The first kappa shape index (κ1) is 21.2. The maximum absolute atomic E-state index is 13.8. The van der Waals surface area contributed by atoms with Crippen LogP contribution in [0.3, 0.4) is 0 Å². The van der Waals surface area contributed by atoms with Gasteiger partial charge in [0.15, 0.2) is 0 Å². The molecule has 0 unspecified atom stereocenters. The van der Waals surface area contributed by atoms with Crippen LogP contribution in [-0.4, -0.2) is 13.0 Å². The van der Waals surface area contributed by atoms with Crippen molar-refractivity contribution in [2.45, 2.75) is 0 Å². The minimum atomic E-state index is -0.0180. The van der Waals surface area contributed by atoms with Gasteiger partial charge in [-0.15, -0.1) is 0 Å². The quantitative estimate of drug-likeness (QED) is 0.223. The van der Waals surface area contributed by atoms with E-state index in [1.165, 1.54) is 53.9 Å². The molecule has 0 aliphatic rings. The monoisotopic (exact) mass is 485 g/mol. The van der Waals surface area contributed by atoms with Gasteiger partial charge in [0, 0.05) is 18.3 Å². The molecule has 0 aliphatic heterocycles. The molecule has 0 bridgehead atoms. The molecule has 0 saturated heterocycles. The van der Waals surface area contributed by atoms with Crippen LogP contribution >= 0.6 is 0 Å². The summed E-state index contributed by atoms with van der Waals surface area (Å²) in [6.45, 7) is 0. The van der Waals surface area contributed by atoms with Gasteiger partial charge in [0.05, 0.1) is 0 Å². The van der Waals surface area contributed by atoms with Crippen LogP contribution in [0.1, 0.15) is 10.4 Å².